The summed E-state index contributed by atoms with van der Waals surface area (Å²) in [6.07, 6.45) is 0. The van der Waals surface area contributed by atoms with Gasteiger partial charge >= 0.3 is 0 Å². The summed E-state index contributed by atoms with van der Waals surface area (Å²) in [6, 6.07) is 8.01. The zero-order valence-corrected chi connectivity index (χ0v) is 7.61. The molecule has 0 amide bonds. The van der Waals surface area contributed by atoms with Gasteiger partial charge in [0.05, 0.1) is 0 Å². The van der Waals surface area contributed by atoms with Gasteiger partial charge in [-0.3, -0.25) is 0 Å². The minimum atomic E-state index is 0.703. The number of benzene rings is 1. The van der Waals surface area contributed by atoms with E-state index in [4.69, 9.17) is 11.8 Å². The zero-order chi connectivity index (χ0) is 7.40. The molecule has 0 bridgehead atoms. The SMILES string of the molecule is ClNCc1ccc(Br)cc1. The Kier molecular flexibility index (Phi) is 3.19. The van der Waals surface area contributed by atoms with Crippen LogP contribution in [0.3, 0.4) is 0 Å². The molecule has 0 saturated carbocycles. The molecule has 3 heteroatoms. The van der Waals surface area contributed by atoms with E-state index in [-0.39, 0.29) is 0 Å². The topological polar surface area (TPSA) is 12.0 Å². The van der Waals surface area contributed by atoms with Crippen molar-refractivity contribution in [2.45, 2.75) is 6.54 Å². The number of nitrogens with one attached hydrogen (secondary N) is 1. The fraction of sp³-hybridized carbons (Fsp3) is 0.143. The van der Waals surface area contributed by atoms with Gasteiger partial charge in [-0.05, 0) is 29.5 Å². The Morgan fingerprint density at radius 3 is 2.40 bits per heavy atom. The molecule has 1 aromatic rings. The Morgan fingerprint density at radius 1 is 1.30 bits per heavy atom. The molecule has 0 radical (unpaired) electrons. The van der Waals surface area contributed by atoms with Crippen LogP contribution in [0.4, 0.5) is 0 Å². The first-order valence-electron chi connectivity index (χ1n) is 2.91. The second-order valence-corrected chi connectivity index (χ2v) is 3.12. The van der Waals surface area contributed by atoms with E-state index in [0.29, 0.717) is 6.54 Å². The third-order valence-corrected chi connectivity index (χ3v) is 1.85. The number of hydrogen-bond acceptors (Lipinski definition) is 1. The van der Waals surface area contributed by atoms with Crippen molar-refractivity contribution in [1.29, 1.82) is 0 Å². The van der Waals surface area contributed by atoms with Gasteiger partial charge in [-0.25, -0.2) is 4.84 Å². The summed E-state index contributed by atoms with van der Waals surface area (Å²) in [5, 5.41) is 0. The summed E-state index contributed by atoms with van der Waals surface area (Å²) in [4.78, 5) is 2.56. The average molecular weight is 220 g/mol. The highest BCUT2D eigenvalue weighted by Gasteiger charge is 1.89. The Morgan fingerprint density at radius 2 is 1.90 bits per heavy atom. The quantitative estimate of drug-likeness (QED) is 0.756. The fourth-order valence-corrected chi connectivity index (χ4v) is 1.10. The van der Waals surface area contributed by atoms with Gasteiger partial charge < -0.3 is 0 Å². The summed E-state index contributed by atoms with van der Waals surface area (Å²) in [6.45, 7) is 0.703. The highest BCUT2D eigenvalue weighted by molar-refractivity contribution is 9.10. The van der Waals surface area contributed by atoms with Crippen LogP contribution in [0.1, 0.15) is 5.56 Å². The molecule has 1 rings (SSSR count). The van der Waals surface area contributed by atoms with E-state index in [1.807, 2.05) is 24.3 Å². The standard InChI is InChI=1S/C7H7BrClN/c8-7-3-1-6(2-4-7)5-10-9/h1-4,10H,5H2. The van der Waals surface area contributed by atoms with Crippen LogP contribution in [0.2, 0.25) is 0 Å². The van der Waals surface area contributed by atoms with E-state index >= 15 is 0 Å². The molecule has 0 aliphatic heterocycles. The highest BCUT2D eigenvalue weighted by Crippen LogP contribution is 2.09. The summed E-state index contributed by atoms with van der Waals surface area (Å²) in [5.41, 5.74) is 1.18. The molecular weight excluding hydrogens is 213 g/mol. The van der Waals surface area contributed by atoms with Crippen LogP contribution in [-0.2, 0) is 6.54 Å². The predicted octanol–water partition coefficient (Wildman–Crippen LogP) is 2.69. The van der Waals surface area contributed by atoms with E-state index in [1.165, 1.54) is 5.56 Å². The van der Waals surface area contributed by atoms with Gasteiger partial charge in [0.15, 0.2) is 0 Å². The van der Waals surface area contributed by atoms with Gasteiger partial charge in [0.25, 0.3) is 0 Å². The largest absolute Gasteiger partial charge is 0.229 e. The Bertz CT molecular complexity index is 197. The van der Waals surface area contributed by atoms with Crippen molar-refractivity contribution in [2.75, 3.05) is 0 Å². The van der Waals surface area contributed by atoms with Crippen molar-refractivity contribution in [1.82, 2.24) is 4.84 Å². The van der Waals surface area contributed by atoms with E-state index < -0.39 is 0 Å². The third-order valence-electron chi connectivity index (χ3n) is 1.18. The zero-order valence-electron chi connectivity index (χ0n) is 5.27. The lowest BCUT2D eigenvalue weighted by Crippen LogP contribution is -1.96. The van der Waals surface area contributed by atoms with Crippen molar-refractivity contribution in [3.05, 3.63) is 34.3 Å². The summed E-state index contributed by atoms with van der Waals surface area (Å²) in [5.74, 6) is 0. The normalized spacial score (nSPS) is 9.80. The lowest BCUT2D eigenvalue weighted by Gasteiger charge is -1.96. The summed E-state index contributed by atoms with van der Waals surface area (Å²) in [7, 11) is 0. The molecule has 0 heterocycles. The van der Waals surface area contributed by atoms with Gasteiger partial charge in [-0.1, -0.05) is 28.1 Å². The molecule has 1 nitrogen and oxygen atoms in total. The Balaban J connectivity index is 2.69. The maximum absolute atomic E-state index is 5.31. The molecule has 0 spiro atoms. The molecule has 0 aromatic heterocycles. The molecule has 0 saturated heterocycles. The van der Waals surface area contributed by atoms with Crippen LogP contribution in [0.5, 0.6) is 0 Å². The lowest BCUT2D eigenvalue weighted by molar-refractivity contribution is 0.963. The Hall–Kier alpha value is -0.0500. The fourth-order valence-electron chi connectivity index (χ4n) is 0.679. The van der Waals surface area contributed by atoms with Crippen molar-refractivity contribution in [3.8, 4) is 0 Å². The second kappa shape index (κ2) is 3.96. The number of hydrogen-bond donors (Lipinski definition) is 1. The van der Waals surface area contributed by atoms with Gasteiger partial charge in [0.2, 0.25) is 0 Å². The third kappa shape index (κ3) is 2.29. The van der Waals surface area contributed by atoms with Crippen LogP contribution in [0, 0.1) is 0 Å². The molecule has 0 aliphatic rings. The lowest BCUT2D eigenvalue weighted by atomic mass is 10.2. The van der Waals surface area contributed by atoms with Gasteiger partial charge in [0, 0.05) is 11.0 Å². The van der Waals surface area contributed by atoms with Crippen LogP contribution in [-0.4, -0.2) is 0 Å². The van der Waals surface area contributed by atoms with Crippen LogP contribution >= 0.6 is 27.7 Å². The molecule has 1 N–H and O–H groups in total. The minimum absolute atomic E-state index is 0.703. The van der Waals surface area contributed by atoms with E-state index in [0.717, 1.165) is 4.47 Å². The molecule has 0 unspecified atom stereocenters. The molecule has 1 aromatic carbocycles. The van der Waals surface area contributed by atoms with Gasteiger partial charge in [0.1, 0.15) is 0 Å². The van der Waals surface area contributed by atoms with Crippen LogP contribution in [0.15, 0.2) is 28.7 Å². The molecule has 0 aliphatic carbocycles. The summed E-state index contributed by atoms with van der Waals surface area (Å²) >= 11 is 8.66. The van der Waals surface area contributed by atoms with E-state index in [9.17, 15) is 0 Å². The molecule has 0 atom stereocenters. The van der Waals surface area contributed by atoms with E-state index in [2.05, 4.69) is 20.8 Å². The van der Waals surface area contributed by atoms with Crippen molar-refractivity contribution < 1.29 is 0 Å². The maximum Gasteiger partial charge on any atom is 0.0359 e. The minimum Gasteiger partial charge on any atom is -0.229 e. The maximum atomic E-state index is 5.31. The molecule has 54 valence electrons. The van der Waals surface area contributed by atoms with Gasteiger partial charge in [-0.2, -0.15) is 0 Å². The van der Waals surface area contributed by atoms with Crippen molar-refractivity contribution in [3.63, 3.8) is 0 Å². The molecule has 0 fully saturated rings. The monoisotopic (exact) mass is 219 g/mol. The highest BCUT2D eigenvalue weighted by atomic mass is 79.9. The molecule has 10 heavy (non-hydrogen) atoms. The van der Waals surface area contributed by atoms with Crippen LogP contribution in [0.25, 0.3) is 0 Å². The average Bonchev–Trinajstić information content (AvgIpc) is 1.95. The van der Waals surface area contributed by atoms with Crippen molar-refractivity contribution >= 4 is 27.7 Å². The van der Waals surface area contributed by atoms with Crippen LogP contribution < -0.4 is 4.84 Å². The van der Waals surface area contributed by atoms with Gasteiger partial charge in [-0.15, -0.1) is 0 Å². The van der Waals surface area contributed by atoms with E-state index in [1.54, 1.807) is 0 Å². The number of halogens is 2. The van der Waals surface area contributed by atoms with Crippen molar-refractivity contribution in [2.24, 2.45) is 0 Å². The molecular formula is C7H7BrClN. The smallest absolute Gasteiger partial charge is 0.0359 e. The summed E-state index contributed by atoms with van der Waals surface area (Å²) < 4.78 is 1.09. The number of rotatable bonds is 2. The first-order chi connectivity index (χ1) is 4.83. The predicted molar refractivity (Wildman–Crippen MR) is 46.8 cm³/mol. The second-order valence-electron chi connectivity index (χ2n) is 1.94. The Labute approximate surface area is 73.6 Å². The first kappa shape index (κ1) is 8.05. The first-order valence-corrected chi connectivity index (χ1v) is 4.08.